The third-order valence-electron chi connectivity index (χ3n) is 6.47. The molecule has 170 valence electrons. The summed E-state index contributed by atoms with van der Waals surface area (Å²) in [5.41, 5.74) is 2.77. The summed E-state index contributed by atoms with van der Waals surface area (Å²) < 4.78 is 6.65. The smallest absolute Gasteiger partial charge is 0.233 e. The number of fused-ring (bicyclic) bond motifs is 2. The lowest BCUT2D eigenvalue weighted by Gasteiger charge is -2.25. The minimum absolute atomic E-state index is 0.0154. The number of carbonyl (C=O) groups is 2. The van der Waals surface area contributed by atoms with E-state index in [0.717, 1.165) is 29.0 Å². The quantitative estimate of drug-likeness (QED) is 0.540. The number of thiazole rings is 1. The van der Waals surface area contributed by atoms with E-state index >= 15 is 0 Å². The summed E-state index contributed by atoms with van der Waals surface area (Å²) in [6.45, 7) is 3.91. The zero-order valence-corrected chi connectivity index (χ0v) is 19.9. The first-order valence-electron chi connectivity index (χ1n) is 10.9. The second-order valence-electron chi connectivity index (χ2n) is 8.64. The number of aromatic nitrogens is 1. The van der Waals surface area contributed by atoms with E-state index in [2.05, 4.69) is 11.1 Å². The highest BCUT2D eigenvalue weighted by atomic mass is 35.5. The number of amides is 2. The fourth-order valence-corrected chi connectivity index (χ4v) is 5.73. The summed E-state index contributed by atoms with van der Waals surface area (Å²) in [7, 11) is 0. The van der Waals surface area contributed by atoms with Gasteiger partial charge in [-0.25, -0.2) is 4.98 Å². The van der Waals surface area contributed by atoms with Crippen molar-refractivity contribution in [1.29, 1.82) is 0 Å². The second kappa shape index (κ2) is 8.80. The van der Waals surface area contributed by atoms with E-state index in [1.165, 1.54) is 11.3 Å². The van der Waals surface area contributed by atoms with Gasteiger partial charge in [0.15, 0.2) is 0 Å². The minimum atomic E-state index is -0.288. The van der Waals surface area contributed by atoms with Gasteiger partial charge in [-0.3, -0.25) is 9.59 Å². The molecule has 1 fully saturated rings. The molecule has 0 aliphatic carbocycles. The van der Waals surface area contributed by atoms with Gasteiger partial charge >= 0.3 is 0 Å². The van der Waals surface area contributed by atoms with Crippen molar-refractivity contribution in [3.63, 3.8) is 0 Å². The van der Waals surface area contributed by atoms with E-state index in [1.54, 1.807) is 13.1 Å². The molecule has 6 nitrogen and oxygen atoms in total. The third-order valence-corrected chi connectivity index (χ3v) is 7.58. The first kappa shape index (κ1) is 21.9. The Morgan fingerprint density at radius 2 is 2.00 bits per heavy atom. The van der Waals surface area contributed by atoms with Crippen LogP contribution in [0.3, 0.4) is 0 Å². The van der Waals surface area contributed by atoms with Crippen molar-refractivity contribution >= 4 is 40.4 Å². The first-order chi connectivity index (χ1) is 15.9. The zero-order chi connectivity index (χ0) is 23.0. The molecule has 2 amide bonds. The summed E-state index contributed by atoms with van der Waals surface area (Å²) in [5.74, 6) is 0.810. The van der Waals surface area contributed by atoms with Crippen LogP contribution in [0.4, 0.5) is 5.69 Å². The van der Waals surface area contributed by atoms with Gasteiger partial charge in [0.1, 0.15) is 21.7 Å². The molecule has 2 aromatic carbocycles. The maximum Gasteiger partial charge on any atom is 0.233 e. The number of hydrogen-bond donors (Lipinski definition) is 0. The lowest BCUT2D eigenvalue weighted by Crippen LogP contribution is -2.40. The Balaban J connectivity index is 1.43. The van der Waals surface area contributed by atoms with E-state index in [0.29, 0.717) is 35.6 Å². The Hall–Kier alpha value is -2.90. The Morgan fingerprint density at radius 1 is 1.18 bits per heavy atom. The molecule has 3 heterocycles. The third kappa shape index (κ3) is 4.35. The van der Waals surface area contributed by atoms with Gasteiger partial charge in [0.2, 0.25) is 11.8 Å². The molecule has 0 saturated carbocycles. The van der Waals surface area contributed by atoms with E-state index in [-0.39, 0.29) is 23.7 Å². The van der Waals surface area contributed by atoms with E-state index in [9.17, 15) is 9.59 Å². The van der Waals surface area contributed by atoms with Crippen molar-refractivity contribution in [3.8, 4) is 5.75 Å². The molecule has 5 rings (SSSR count). The fraction of sp³-hybridized carbons (Fsp3) is 0.320. The molecule has 3 aromatic rings. The number of halogens is 1. The normalized spacial score (nSPS) is 19.2. The second-order valence-corrected chi connectivity index (χ2v) is 10.4. The maximum atomic E-state index is 13.3. The highest BCUT2D eigenvalue weighted by molar-refractivity contribution is 7.15. The average molecular weight is 482 g/mol. The first-order valence-corrected chi connectivity index (χ1v) is 12.1. The molecule has 2 aliphatic rings. The number of anilines is 1. The number of hydrogen-bond acceptors (Lipinski definition) is 5. The zero-order valence-electron chi connectivity index (χ0n) is 18.3. The molecular weight excluding hydrogens is 458 g/mol. The standard InChI is InChI=1S/C25H24ClN3O3S/c1-17(30)28-10-9-25(15-28)16-29(24(31)12-23-27-13-22(26)33-23)21-8-7-19(11-20(21)25)32-14-18-5-3-2-4-6-18/h2-8,11,13H,9-10,12,14-16H2,1H3. The van der Waals surface area contributed by atoms with Crippen LogP contribution in [0.25, 0.3) is 0 Å². The van der Waals surface area contributed by atoms with Crippen LogP contribution in [0.5, 0.6) is 5.75 Å². The largest absolute Gasteiger partial charge is 0.489 e. The molecule has 33 heavy (non-hydrogen) atoms. The van der Waals surface area contributed by atoms with Crippen molar-refractivity contribution in [2.75, 3.05) is 24.5 Å². The van der Waals surface area contributed by atoms with Gasteiger partial charge in [-0.1, -0.05) is 41.9 Å². The summed E-state index contributed by atoms with van der Waals surface area (Å²) >= 11 is 7.32. The van der Waals surface area contributed by atoms with Gasteiger partial charge in [-0.2, -0.15) is 0 Å². The number of benzene rings is 2. The molecule has 1 aromatic heterocycles. The summed E-state index contributed by atoms with van der Waals surface area (Å²) in [6, 6.07) is 16.0. The monoisotopic (exact) mass is 481 g/mol. The van der Waals surface area contributed by atoms with Crippen LogP contribution >= 0.6 is 22.9 Å². The van der Waals surface area contributed by atoms with Crippen LogP contribution in [0.1, 0.15) is 29.5 Å². The van der Waals surface area contributed by atoms with Gasteiger partial charge in [0.25, 0.3) is 0 Å². The number of ether oxygens (including phenoxy) is 1. The van der Waals surface area contributed by atoms with Crippen molar-refractivity contribution in [2.24, 2.45) is 0 Å². The molecule has 1 spiro atoms. The summed E-state index contributed by atoms with van der Waals surface area (Å²) in [6.07, 6.45) is 2.59. The average Bonchev–Trinajstić information content (AvgIpc) is 3.51. The molecule has 0 N–H and O–H groups in total. The molecule has 1 unspecified atom stereocenters. The van der Waals surface area contributed by atoms with Crippen LogP contribution in [0.2, 0.25) is 4.34 Å². The number of nitrogens with zero attached hydrogens (tertiary/aromatic N) is 3. The number of rotatable bonds is 5. The van der Waals surface area contributed by atoms with Crippen molar-refractivity contribution < 1.29 is 14.3 Å². The molecule has 1 saturated heterocycles. The van der Waals surface area contributed by atoms with E-state index in [4.69, 9.17) is 16.3 Å². The van der Waals surface area contributed by atoms with Gasteiger partial charge in [-0.15, -0.1) is 11.3 Å². The molecule has 2 aliphatic heterocycles. The number of carbonyl (C=O) groups excluding carboxylic acids is 2. The van der Waals surface area contributed by atoms with Crippen LogP contribution in [-0.2, 0) is 28.0 Å². The number of likely N-dealkylation sites (tertiary alicyclic amines) is 1. The summed E-state index contributed by atoms with van der Waals surface area (Å²) in [4.78, 5) is 33.3. The molecule has 0 radical (unpaired) electrons. The SMILES string of the molecule is CC(=O)N1CCC2(C1)CN(C(=O)Cc1ncc(Cl)s1)c1ccc(OCc3ccccc3)cc12. The lowest BCUT2D eigenvalue weighted by atomic mass is 9.81. The summed E-state index contributed by atoms with van der Waals surface area (Å²) in [5, 5.41) is 0.701. The molecule has 8 heteroatoms. The van der Waals surface area contributed by atoms with Crippen LogP contribution in [-0.4, -0.2) is 41.3 Å². The van der Waals surface area contributed by atoms with Crippen LogP contribution in [0, 0.1) is 0 Å². The van der Waals surface area contributed by atoms with Gasteiger partial charge in [-0.05, 0) is 35.7 Å². The minimum Gasteiger partial charge on any atom is -0.489 e. The highest BCUT2D eigenvalue weighted by Crippen LogP contribution is 2.48. The molecule has 1 atom stereocenters. The predicted molar refractivity (Wildman–Crippen MR) is 129 cm³/mol. The van der Waals surface area contributed by atoms with Gasteiger partial charge in [0, 0.05) is 37.7 Å². The molecular formula is C25H24ClN3O3S. The van der Waals surface area contributed by atoms with Crippen molar-refractivity contribution in [2.45, 2.75) is 31.8 Å². The van der Waals surface area contributed by atoms with E-state index in [1.807, 2.05) is 52.3 Å². The van der Waals surface area contributed by atoms with Crippen molar-refractivity contribution in [3.05, 3.63) is 75.2 Å². The van der Waals surface area contributed by atoms with E-state index < -0.39 is 0 Å². The van der Waals surface area contributed by atoms with Crippen molar-refractivity contribution in [1.82, 2.24) is 9.88 Å². The van der Waals surface area contributed by atoms with Crippen LogP contribution in [0.15, 0.2) is 54.7 Å². The molecule has 0 bridgehead atoms. The van der Waals surface area contributed by atoms with Gasteiger partial charge in [0.05, 0.1) is 12.6 Å². The fourth-order valence-electron chi connectivity index (χ4n) is 4.79. The Bertz CT molecular complexity index is 1200. The lowest BCUT2D eigenvalue weighted by molar-refractivity contribution is -0.127. The van der Waals surface area contributed by atoms with Crippen LogP contribution < -0.4 is 9.64 Å². The van der Waals surface area contributed by atoms with Gasteiger partial charge < -0.3 is 14.5 Å². The Kier molecular flexibility index (Phi) is 5.85. The topological polar surface area (TPSA) is 62.7 Å². The Morgan fingerprint density at radius 3 is 2.70 bits per heavy atom. The maximum absolute atomic E-state index is 13.3. The predicted octanol–water partition coefficient (Wildman–Crippen LogP) is 4.45. The Labute approximate surface area is 201 Å². The highest BCUT2D eigenvalue weighted by Gasteiger charge is 2.49.